The second-order valence-corrected chi connectivity index (χ2v) is 4.42. The second kappa shape index (κ2) is 8.04. The van der Waals surface area contributed by atoms with Crippen LogP contribution in [0.3, 0.4) is 0 Å². The number of amides is 1. The lowest BCUT2D eigenvalue weighted by Crippen LogP contribution is -2.45. The number of carbonyl (C=O) groups excluding carboxylic acids is 1. The Labute approximate surface area is 102 Å². The van der Waals surface area contributed by atoms with Gasteiger partial charge in [-0.25, -0.2) is 0 Å². The predicted molar refractivity (Wildman–Crippen MR) is 64.2 cm³/mol. The van der Waals surface area contributed by atoms with Gasteiger partial charge in [-0.2, -0.15) is 5.26 Å². The summed E-state index contributed by atoms with van der Waals surface area (Å²) < 4.78 is 0. The van der Waals surface area contributed by atoms with Crippen LogP contribution < -0.4 is 5.32 Å². The van der Waals surface area contributed by atoms with Gasteiger partial charge >= 0.3 is 0 Å². The maximum absolute atomic E-state index is 11.5. The van der Waals surface area contributed by atoms with Crippen molar-refractivity contribution in [2.24, 2.45) is 0 Å². The van der Waals surface area contributed by atoms with Gasteiger partial charge in [-0.15, -0.1) is 0 Å². The number of nitriles is 1. The van der Waals surface area contributed by atoms with Crippen molar-refractivity contribution in [3.8, 4) is 6.07 Å². The third-order valence-corrected chi connectivity index (χ3v) is 3.19. The molecule has 0 saturated heterocycles. The van der Waals surface area contributed by atoms with Crippen LogP contribution in [-0.4, -0.2) is 48.2 Å². The fourth-order valence-electron chi connectivity index (χ4n) is 2.34. The number of nitrogens with one attached hydrogen (secondary N) is 1. The predicted octanol–water partition coefficient (Wildman–Crippen LogP) is 0.253. The number of nitrogens with zero attached hydrogens (tertiary/aromatic N) is 2. The molecule has 0 heterocycles. The Morgan fingerprint density at radius 1 is 1.41 bits per heavy atom. The molecular formula is C12H21N3O2. The summed E-state index contributed by atoms with van der Waals surface area (Å²) in [6.07, 6.45) is 5.87. The summed E-state index contributed by atoms with van der Waals surface area (Å²) in [6, 6.07) is 2.29. The molecule has 1 saturated carbocycles. The Hall–Kier alpha value is -1.12. The van der Waals surface area contributed by atoms with E-state index in [-0.39, 0.29) is 25.6 Å². The zero-order chi connectivity index (χ0) is 12.5. The van der Waals surface area contributed by atoms with Crippen molar-refractivity contribution in [1.82, 2.24) is 10.2 Å². The quantitative estimate of drug-likeness (QED) is 0.652. The molecule has 5 heteroatoms. The molecule has 2 N–H and O–H groups in total. The normalized spacial score (nSPS) is 16.8. The third kappa shape index (κ3) is 5.16. The lowest BCUT2D eigenvalue weighted by atomic mass is 9.94. The minimum Gasteiger partial charge on any atom is -0.395 e. The van der Waals surface area contributed by atoms with Crippen molar-refractivity contribution < 1.29 is 9.90 Å². The molecule has 96 valence electrons. The van der Waals surface area contributed by atoms with E-state index in [1.165, 1.54) is 19.3 Å². The van der Waals surface area contributed by atoms with Crippen molar-refractivity contribution in [3.05, 3.63) is 0 Å². The van der Waals surface area contributed by atoms with Gasteiger partial charge in [0.2, 0.25) is 5.91 Å². The van der Waals surface area contributed by atoms with Gasteiger partial charge in [-0.1, -0.05) is 19.3 Å². The van der Waals surface area contributed by atoms with Crippen LogP contribution in [0.2, 0.25) is 0 Å². The van der Waals surface area contributed by atoms with E-state index < -0.39 is 0 Å². The minimum absolute atomic E-state index is 0.0520. The van der Waals surface area contributed by atoms with E-state index >= 15 is 0 Å². The Morgan fingerprint density at radius 2 is 2.12 bits per heavy atom. The van der Waals surface area contributed by atoms with Crippen LogP contribution in [0.1, 0.15) is 32.1 Å². The molecule has 0 bridgehead atoms. The number of rotatable bonds is 6. The van der Waals surface area contributed by atoms with Gasteiger partial charge < -0.3 is 10.4 Å². The summed E-state index contributed by atoms with van der Waals surface area (Å²) in [5, 5.41) is 20.0. The number of aliphatic hydroxyl groups excluding tert-OH is 1. The van der Waals surface area contributed by atoms with Gasteiger partial charge in [-0.3, -0.25) is 9.69 Å². The van der Waals surface area contributed by atoms with E-state index in [0.29, 0.717) is 12.6 Å². The van der Waals surface area contributed by atoms with Crippen molar-refractivity contribution >= 4 is 5.91 Å². The summed E-state index contributed by atoms with van der Waals surface area (Å²) >= 11 is 0. The van der Waals surface area contributed by atoms with Crippen LogP contribution in [0.15, 0.2) is 0 Å². The Kier molecular flexibility index (Phi) is 6.60. The zero-order valence-electron chi connectivity index (χ0n) is 10.2. The van der Waals surface area contributed by atoms with Crippen molar-refractivity contribution in [2.45, 2.75) is 38.1 Å². The van der Waals surface area contributed by atoms with Gasteiger partial charge in [0.05, 0.1) is 19.2 Å². The minimum atomic E-state index is -0.134. The monoisotopic (exact) mass is 239 g/mol. The molecule has 0 aromatic rings. The molecule has 17 heavy (non-hydrogen) atoms. The average molecular weight is 239 g/mol. The molecule has 0 aliphatic heterocycles. The van der Waals surface area contributed by atoms with Crippen molar-refractivity contribution in [2.75, 3.05) is 26.2 Å². The van der Waals surface area contributed by atoms with Crippen molar-refractivity contribution in [3.63, 3.8) is 0 Å². The van der Waals surface area contributed by atoms with Crippen LogP contribution >= 0.6 is 0 Å². The van der Waals surface area contributed by atoms with Crippen molar-refractivity contribution in [1.29, 1.82) is 5.26 Å². The molecule has 1 fully saturated rings. The summed E-state index contributed by atoms with van der Waals surface area (Å²) in [5.41, 5.74) is 0. The van der Waals surface area contributed by atoms with Crippen LogP contribution in [-0.2, 0) is 4.79 Å². The van der Waals surface area contributed by atoms with E-state index in [1.54, 1.807) is 0 Å². The molecule has 0 aromatic carbocycles. The molecule has 1 amide bonds. The first-order valence-electron chi connectivity index (χ1n) is 6.26. The molecule has 0 radical (unpaired) electrons. The average Bonchev–Trinajstić information content (AvgIpc) is 2.37. The zero-order valence-corrected chi connectivity index (χ0v) is 10.2. The molecular weight excluding hydrogens is 218 g/mol. The molecule has 1 rings (SSSR count). The van der Waals surface area contributed by atoms with E-state index in [4.69, 9.17) is 10.4 Å². The van der Waals surface area contributed by atoms with E-state index in [2.05, 4.69) is 5.32 Å². The molecule has 0 aromatic heterocycles. The van der Waals surface area contributed by atoms with Crippen LogP contribution in [0.25, 0.3) is 0 Å². The summed E-state index contributed by atoms with van der Waals surface area (Å²) in [4.78, 5) is 13.6. The SMILES string of the molecule is N#CCNC(=O)CN(CCO)C1CCCCC1. The fraction of sp³-hybridized carbons (Fsp3) is 0.833. The molecule has 0 unspecified atom stereocenters. The van der Waals surface area contributed by atoms with E-state index in [1.807, 2.05) is 11.0 Å². The van der Waals surface area contributed by atoms with Gasteiger partial charge in [0.1, 0.15) is 6.54 Å². The van der Waals surface area contributed by atoms with Gasteiger partial charge in [0, 0.05) is 12.6 Å². The number of hydrogen-bond acceptors (Lipinski definition) is 4. The number of hydrogen-bond donors (Lipinski definition) is 2. The Bertz CT molecular complexity index is 269. The van der Waals surface area contributed by atoms with Crippen LogP contribution in [0, 0.1) is 11.3 Å². The molecule has 1 aliphatic carbocycles. The number of carbonyl (C=O) groups is 1. The molecule has 1 aliphatic rings. The lowest BCUT2D eigenvalue weighted by Gasteiger charge is -2.33. The first kappa shape index (κ1) is 13.9. The first-order valence-corrected chi connectivity index (χ1v) is 6.26. The second-order valence-electron chi connectivity index (χ2n) is 4.42. The fourth-order valence-corrected chi connectivity index (χ4v) is 2.34. The molecule has 5 nitrogen and oxygen atoms in total. The Balaban J connectivity index is 2.41. The number of aliphatic hydroxyl groups is 1. The molecule has 0 spiro atoms. The third-order valence-electron chi connectivity index (χ3n) is 3.19. The Morgan fingerprint density at radius 3 is 2.71 bits per heavy atom. The highest BCUT2D eigenvalue weighted by Crippen LogP contribution is 2.22. The smallest absolute Gasteiger partial charge is 0.235 e. The van der Waals surface area contributed by atoms with Gasteiger partial charge in [0.25, 0.3) is 0 Å². The van der Waals surface area contributed by atoms with E-state index in [9.17, 15) is 4.79 Å². The van der Waals surface area contributed by atoms with Gasteiger partial charge in [-0.05, 0) is 12.8 Å². The molecule has 0 atom stereocenters. The van der Waals surface area contributed by atoms with E-state index in [0.717, 1.165) is 12.8 Å². The van der Waals surface area contributed by atoms with Crippen LogP contribution in [0.5, 0.6) is 0 Å². The largest absolute Gasteiger partial charge is 0.395 e. The van der Waals surface area contributed by atoms with Crippen LogP contribution in [0.4, 0.5) is 0 Å². The summed E-state index contributed by atoms with van der Waals surface area (Å²) in [7, 11) is 0. The maximum Gasteiger partial charge on any atom is 0.235 e. The maximum atomic E-state index is 11.5. The van der Waals surface area contributed by atoms with Gasteiger partial charge in [0.15, 0.2) is 0 Å². The lowest BCUT2D eigenvalue weighted by molar-refractivity contribution is -0.122. The highest BCUT2D eigenvalue weighted by atomic mass is 16.3. The topological polar surface area (TPSA) is 76.4 Å². The highest BCUT2D eigenvalue weighted by molar-refractivity contribution is 5.78. The summed E-state index contributed by atoms with van der Waals surface area (Å²) in [5.74, 6) is -0.134. The summed E-state index contributed by atoms with van der Waals surface area (Å²) in [6.45, 7) is 0.941. The highest BCUT2D eigenvalue weighted by Gasteiger charge is 2.22. The first-order chi connectivity index (χ1) is 8.27. The standard InChI is InChI=1S/C12H21N3O2/c13-6-7-14-12(17)10-15(8-9-16)11-4-2-1-3-5-11/h11,16H,1-5,7-10H2,(H,14,17).